The molecular formula is C35H33N5OS. The first-order chi connectivity index (χ1) is 20.2. The zero-order valence-electron chi connectivity index (χ0n) is 24.1. The summed E-state index contributed by atoms with van der Waals surface area (Å²) in [5, 5.41) is 36.8. The summed E-state index contributed by atoms with van der Waals surface area (Å²) in [5.41, 5.74) is 5.04. The number of allylic oxidation sites excluding steroid dienone is 9. The molecule has 1 aliphatic carbocycles. The second-order valence-electron chi connectivity index (χ2n) is 10.6. The zero-order chi connectivity index (χ0) is 30.5. The van der Waals surface area contributed by atoms with Crippen molar-refractivity contribution in [1.29, 1.82) is 15.8 Å². The Hall–Kier alpha value is -4.92. The van der Waals surface area contributed by atoms with Gasteiger partial charge in [0.15, 0.2) is 0 Å². The van der Waals surface area contributed by atoms with E-state index in [0.29, 0.717) is 12.1 Å². The maximum absolute atomic E-state index is 9.29. The number of anilines is 1. The SMILES string of the molecule is [C-]#[N+]/C(C#N)=C\C(C=C(C#N)C#N)=C\c1ccc(/C=C2C=C(/C=C/c3ccc(N(CC)CCO)cc3)CC(C)(C)C/2)s1. The molecule has 0 bridgehead atoms. The van der Waals surface area contributed by atoms with Crippen molar-refractivity contribution in [2.24, 2.45) is 5.41 Å². The third-order valence-electron chi connectivity index (χ3n) is 6.61. The average molecular weight is 572 g/mol. The number of aliphatic hydroxyl groups is 1. The number of hydrogen-bond donors (Lipinski definition) is 1. The molecule has 1 N–H and O–H groups in total. The van der Waals surface area contributed by atoms with Crippen LogP contribution in [0.15, 0.2) is 88.7 Å². The van der Waals surface area contributed by atoms with Gasteiger partial charge in [0.1, 0.15) is 17.7 Å². The molecule has 0 saturated carbocycles. The van der Waals surface area contributed by atoms with Crippen LogP contribution in [0, 0.1) is 46.0 Å². The van der Waals surface area contributed by atoms with Gasteiger partial charge in [0.25, 0.3) is 5.70 Å². The highest BCUT2D eigenvalue weighted by molar-refractivity contribution is 7.13. The van der Waals surface area contributed by atoms with Gasteiger partial charge >= 0.3 is 0 Å². The molecule has 0 amide bonds. The van der Waals surface area contributed by atoms with Gasteiger partial charge in [-0.15, -0.1) is 11.3 Å². The number of benzene rings is 1. The maximum atomic E-state index is 9.29. The Morgan fingerprint density at radius 3 is 2.36 bits per heavy atom. The van der Waals surface area contributed by atoms with Gasteiger partial charge in [-0.3, -0.25) is 0 Å². The van der Waals surface area contributed by atoms with Gasteiger partial charge in [0.05, 0.1) is 19.2 Å². The highest BCUT2D eigenvalue weighted by Crippen LogP contribution is 2.40. The van der Waals surface area contributed by atoms with Gasteiger partial charge in [-0.2, -0.15) is 10.5 Å². The Kier molecular flexibility index (Phi) is 11.4. The predicted molar refractivity (Wildman–Crippen MR) is 171 cm³/mol. The molecule has 0 fully saturated rings. The fourth-order valence-corrected chi connectivity index (χ4v) is 5.75. The van der Waals surface area contributed by atoms with Crippen molar-refractivity contribution in [2.45, 2.75) is 33.6 Å². The highest BCUT2D eigenvalue weighted by Gasteiger charge is 2.24. The van der Waals surface area contributed by atoms with Gasteiger partial charge in [-0.25, -0.2) is 10.1 Å². The molecule has 0 radical (unpaired) electrons. The summed E-state index contributed by atoms with van der Waals surface area (Å²) in [5.74, 6) is 0. The predicted octanol–water partition coefficient (Wildman–Crippen LogP) is 8.09. The van der Waals surface area contributed by atoms with Crippen LogP contribution < -0.4 is 4.90 Å². The van der Waals surface area contributed by atoms with E-state index in [1.54, 1.807) is 17.4 Å². The van der Waals surface area contributed by atoms with Crippen molar-refractivity contribution in [3.8, 4) is 18.2 Å². The number of rotatable bonds is 10. The van der Waals surface area contributed by atoms with Crippen LogP contribution >= 0.6 is 11.3 Å². The smallest absolute Gasteiger partial charge is 0.262 e. The van der Waals surface area contributed by atoms with E-state index in [2.05, 4.69) is 79.1 Å². The van der Waals surface area contributed by atoms with Gasteiger partial charge in [0, 0.05) is 28.5 Å². The quantitative estimate of drug-likeness (QED) is 0.176. The van der Waals surface area contributed by atoms with E-state index in [-0.39, 0.29) is 23.3 Å². The molecule has 6 nitrogen and oxygen atoms in total. The molecule has 1 heterocycles. The summed E-state index contributed by atoms with van der Waals surface area (Å²) in [6, 6.07) is 17.8. The normalized spacial score (nSPS) is 15.7. The second kappa shape index (κ2) is 15.2. The molecule has 0 unspecified atom stereocenters. The second-order valence-corrected chi connectivity index (χ2v) is 11.8. The van der Waals surface area contributed by atoms with E-state index in [0.717, 1.165) is 40.4 Å². The van der Waals surface area contributed by atoms with Crippen molar-refractivity contribution < 1.29 is 5.11 Å². The Balaban J connectivity index is 1.87. The van der Waals surface area contributed by atoms with Crippen molar-refractivity contribution in [3.63, 3.8) is 0 Å². The number of thiophene rings is 1. The molecule has 42 heavy (non-hydrogen) atoms. The maximum Gasteiger partial charge on any atom is 0.262 e. The number of nitriles is 3. The Morgan fingerprint density at radius 1 is 1.02 bits per heavy atom. The molecule has 3 rings (SSSR count). The summed E-state index contributed by atoms with van der Waals surface area (Å²) >= 11 is 1.56. The van der Waals surface area contributed by atoms with E-state index in [4.69, 9.17) is 22.4 Å². The fraction of sp³-hybridized carbons (Fsp3) is 0.257. The van der Waals surface area contributed by atoms with Gasteiger partial charge in [0.2, 0.25) is 0 Å². The summed E-state index contributed by atoms with van der Waals surface area (Å²) in [7, 11) is 0. The van der Waals surface area contributed by atoms with Crippen LogP contribution in [0.25, 0.3) is 23.1 Å². The largest absolute Gasteiger partial charge is 0.395 e. The molecule has 210 valence electrons. The molecule has 7 heteroatoms. The first-order valence-corrected chi connectivity index (χ1v) is 14.4. The lowest BCUT2D eigenvalue weighted by atomic mass is 9.75. The average Bonchev–Trinajstić information content (AvgIpc) is 3.41. The summed E-state index contributed by atoms with van der Waals surface area (Å²) in [6.45, 7) is 15.4. The molecule has 1 aliphatic rings. The molecule has 0 saturated heterocycles. The van der Waals surface area contributed by atoms with E-state index >= 15 is 0 Å². The standard InChI is InChI=1S/C35H33N5OS/c1-5-40(14-15-41)32-10-8-26(9-11-32)6-7-27-16-29(22-35(2,3)21-27)20-34-13-12-33(42-34)19-28(17-30(23-36)24-37)18-31(25-38)39-4/h6-13,16-20,41H,5,14-15,21-22H2,1-3H3/b7-6+,28-19+,29-20-,31-18-. The van der Waals surface area contributed by atoms with Crippen LogP contribution in [0.1, 0.15) is 48.9 Å². The van der Waals surface area contributed by atoms with Crippen LogP contribution in [-0.4, -0.2) is 24.8 Å². The van der Waals surface area contributed by atoms with Gasteiger partial charge < -0.3 is 10.0 Å². The zero-order valence-corrected chi connectivity index (χ0v) is 24.9. The van der Waals surface area contributed by atoms with Crippen LogP contribution in [0.3, 0.4) is 0 Å². The number of aliphatic hydroxyl groups excluding tert-OH is 1. The van der Waals surface area contributed by atoms with Crippen LogP contribution in [0.2, 0.25) is 0 Å². The monoisotopic (exact) mass is 571 g/mol. The Morgan fingerprint density at radius 2 is 1.74 bits per heavy atom. The topological polar surface area (TPSA) is 99.2 Å². The number of likely N-dealkylation sites (N-methyl/N-ethyl adjacent to an activating group) is 1. The Labute approximate surface area is 252 Å². The third-order valence-corrected chi connectivity index (χ3v) is 7.59. The molecule has 0 aliphatic heterocycles. The minimum atomic E-state index is -0.123. The minimum absolute atomic E-state index is 0.102. The van der Waals surface area contributed by atoms with E-state index in [9.17, 15) is 5.11 Å². The number of nitrogens with zero attached hydrogens (tertiary/aromatic N) is 5. The van der Waals surface area contributed by atoms with E-state index in [1.807, 2.05) is 30.3 Å². The Bertz CT molecular complexity index is 1560. The number of hydrogen-bond acceptors (Lipinski definition) is 6. The third kappa shape index (κ3) is 9.33. The lowest BCUT2D eigenvalue weighted by Crippen LogP contribution is -2.25. The van der Waals surface area contributed by atoms with E-state index in [1.165, 1.54) is 23.3 Å². The first kappa shape index (κ1) is 31.6. The van der Waals surface area contributed by atoms with Crippen LogP contribution in [0.4, 0.5) is 5.69 Å². The molecule has 1 aromatic carbocycles. The fourth-order valence-electron chi connectivity index (χ4n) is 4.80. The summed E-state index contributed by atoms with van der Waals surface area (Å²) < 4.78 is 0. The first-order valence-electron chi connectivity index (χ1n) is 13.6. The van der Waals surface area contributed by atoms with Crippen molar-refractivity contribution in [3.05, 3.63) is 115 Å². The summed E-state index contributed by atoms with van der Waals surface area (Å²) in [4.78, 5) is 7.27. The van der Waals surface area contributed by atoms with Crippen molar-refractivity contribution >= 4 is 35.3 Å². The van der Waals surface area contributed by atoms with Gasteiger partial charge in [-0.1, -0.05) is 44.2 Å². The van der Waals surface area contributed by atoms with Crippen LogP contribution in [0.5, 0.6) is 0 Å². The molecule has 1 aromatic heterocycles. The molecule has 2 aromatic rings. The van der Waals surface area contributed by atoms with Crippen LogP contribution in [-0.2, 0) is 0 Å². The molecule has 0 atom stereocenters. The lowest BCUT2D eigenvalue weighted by Gasteiger charge is -2.30. The van der Waals surface area contributed by atoms with E-state index < -0.39 is 0 Å². The van der Waals surface area contributed by atoms with Gasteiger partial charge in [-0.05, 0) is 96.0 Å². The van der Waals surface area contributed by atoms with Crippen molar-refractivity contribution in [2.75, 3.05) is 24.6 Å². The molecular weight excluding hydrogens is 538 g/mol. The minimum Gasteiger partial charge on any atom is -0.395 e. The lowest BCUT2D eigenvalue weighted by molar-refractivity contribution is 0.302. The molecule has 0 spiro atoms. The summed E-state index contributed by atoms with van der Waals surface area (Å²) in [6.07, 6.45) is 15.2. The van der Waals surface area contributed by atoms with Crippen molar-refractivity contribution in [1.82, 2.24) is 0 Å². The highest BCUT2D eigenvalue weighted by atomic mass is 32.1.